The zero-order valence-electron chi connectivity index (χ0n) is 22.0. The van der Waals surface area contributed by atoms with Crippen LogP contribution >= 0.6 is 0 Å². The average Bonchev–Trinajstić information content (AvgIpc) is 3.42. The van der Waals surface area contributed by atoms with Gasteiger partial charge in [0.2, 0.25) is 0 Å². The summed E-state index contributed by atoms with van der Waals surface area (Å²) in [6.45, 7) is 4.47. The Morgan fingerprint density at radius 3 is 1.46 bits per heavy atom. The number of carboxylic acid groups (broad SMARTS) is 2. The molecule has 0 saturated heterocycles. The second-order valence-corrected chi connectivity index (χ2v) is 8.99. The molecule has 0 spiro atoms. The number of para-hydroxylation sites is 2. The third-order valence-electron chi connectivity index (χ3n) is 6.48. The van der Waals surface area contributed by atoms with E-state index in [2.05, 4.69) is 13.8 Å². The molecule has 1 fully saturated rings. The number of rotatable bonds is 12. The van der Waals surface area contributed by atoms with Crippen molar-refractivity contribution in [3.8, 4) is 11.5 Å². The predicted octanol–water partition coefficient (Wildman–Crippen LogP) is 7.20. The molecule has 0 aliphatic heterocycles. The number of hydrogen-bond acceptors (Lipinski definition) is 5. The summed E-state index contributed by atoms with van der Waals surface area (Å²) in [7, 11) is 0. The van der Waals surface area contributed by atoms with Gasteiger partial charge in [-0.2, -0.15) is 0 Å². The summed E-state index contributed by atoms with van der Waals surface area (Å²) >= 11 is 0. The van der Waals surface area contributed by atoms with Gasteiger partial charge < -0.3 is 27.9 Å². The molecule has 8 heteroatoms. The van der Waals surface area contributed by atoms with E-state index in [1.807, 2.05) is 48.8 Å². The van der Waals surface area contributed by atoms with Gasteiger partial charge in [0.25, 0.3) is 0 Å². The summed E-state index contributed by atoms with van der Waals surface area (Å²) in [5, 5.41) is 34.2. The maximum Gasteiger partial charge on any atom is 0.503 e. The molecule has 0 aromatic heterocycles. The van der Waals surface area contributed by atoms with Gasteiger partial charge in [0.15, 0.2) is 0 Å². The number of carbonyl (C=O) groups is 1. The van der Waals surface area contributed by atoms with Crippen LogP contribution in [0.3, 0.4) is 0 Å². The third-order valence-corrected chi connectivity index (χ3v) is 6.48. The van der Waals surface area contributed by atoms with E-state index in [0.29, 0.717) is 0 Å². The predicted molar refractivity (Wildman–Crippen MR) is 147 cm³/mol. The molecule has 2 atom stereocenters. The monoisotopic (exact) mass is 556 g/mol. The van der Waals surface area contributed by atoms with E-state index in [1.54, 1.807) is 12.1 Å². The molecule has 0 bridgehead atoms. The molecule has 207 valence electrons. The Balaban J connectivity index is 0.00000201. The Labute approximate surface area is 231 Å². The van der Waals surface area contributed by atoms with Gasteiger partial charge in [-0.1, -0.05) is 76.6 Å². The Morgan fingerprint density at radius 2 is 1.14 bits per heavy atom. The Morgan fingerprint density at radius 1 is 0.784 bits per heavy atom. The molecular weight excluding hydrogens is 515 g/mol. The molecule has 1 saturated carbocycles. The van der Waals surface area contributed by atoms with Crippen molar-refractivity contribution in [2.45, 2.75) is 77.3 Å². The van der Waals surface area contributed by atoms with Gasteiger partial charge in [0.05, 0.1) is 12.1 Å². The number of aromatic hydroxyl groups is 2. The maximum absolute atomic E-state index is 10.1. The molecule has 1 aliphatic rings. The fourth-order valence-electron chi connectivity index (χ4n) is 4.55. The summed E-state index contributed by atoms with van der Waals surface area (Å²) in [5.74, 6) is 0.507. The minimum Gasteiger partial charge on any atom is -0.507 e. The fraction of sp³-hybridized carbons (Fsp3) is 0.448. The molecule has 1 aliphatic carbocycles. The van der Waals surface area contributed by atoms with E-state index in [-0.39, 0.29) is 53.2 Å². The van der Waals surface area contributed by atoms with Gasteiger partial charge in [-0.25, -0.2) is 4.79 Å². The molecule has 0 amide bonds. The first kappa shape index (κ1) is 34.2. The topological polar surface area (TPSA) is 123 Å². The average molecular weight is 557 g/mol. The molecule has 37 heavy (non-hydrogen) atoms. The Bertz CT molecular complexity index is 918. The molecule has 2 aromatic rings. The van der Waals surface area contributed by atoms with E-state index in [9.17, 15) is 10.2 Å². The van der Waals surface area contributed by atoms with Crippen LogP contribution < -0.4 is 0 Å². The van der Waals surface area contributed by atoms with Crippen molar-refractivity contribution in [1.29, 1.82) is 0 Å². The summed E-state index contributed by atoms with van der Waals surface area (Å²) in [5.41, 5.74) is 1.56. The summed E-state index contributed by atoms with van der Waals surface area (Å²) in [6.07, 6.45) is 11.2. The minimum atomic E-state index is -1.83. The van der Waals surface area contributed by atoms with Crippen LogP contribution in [0.5, 0.6) is 11.5 Å². The van der Waals surface area contributed by atoms with E-state index in [4.69, 9.17) is 25.0 Å². The quantitative estimate of drug-likeness (QED) is 0.125. The SMILES string of the molecule is CCCCCC1(CCCCC)C(N=Cc2ccccc2O)C1N=Cc1ccccc1O.O=C(O)O.[CH3-].[Co]. The molecular formula is C29H41CoN2O5-. The van der Waals surface area contributed by atoms with E-state index in [0.717, 1.165) is 24.0 Å². The number of hydrogen-bond donors (Lipinski definition) is 4. The van der Waals surface area contributed by atoms with Gasteiger partial charge >= 0.3 is 6.16 Å². The second-order valence-electron chi connectivity index (χ2n) is 8.99. The summed E-state index contributed by atoms with van der Waals surface area (Å²) in [6, 6.07) is 14.9. The largest absolute Gasteiger partial charge is 0.507 e. The van der Waals surface area contributed by atoms with Crippen molar-refractivity contribution in [3.63, 3.8) is 0 Å². The van der Waals surface area contributed by atoms with E-state index in [1.165, 1.54) is 38.5 Å². The minimum absolute atomic E-state index is 0. The fourth-order valence-corrected chi connectivity index (χ4v) is 4.55. The Hall–Kier alpha value is -2.84. The first-order valence-corrected chi connectivity index (χ1v) is 12.4. The normalized spacial score (nSPS) is 17.4. The maximum atomic E-state index is 10.1. The molecule has 1 radical (unpaired) electrons. The number of benzene rings is 2. The molecule has 0 heterocycles. The first-order chi connectivity index (χ1) is 16.9. The number of aliphatic imine (C=N–C) groups is 2. The van der Waals surface area contributed by atoms with Gasteiger partial charge in [0, 0.05) is 45.7 Å². The van der Waals surface area contributed by atoms with Crippen LogP contribution in [0.1, 0.15) is 76.3 Å². The van der Waals surface area contributed by atoms with Crippen molar-refractivity contribution < 1.29 is 42.0 Å². The van der Waals surface area contributed by atoms with Gasteiger partial charge in [-0.05, 0) is 37.1 Å². The van der Waals surface area contributed by atoms with Gasteiger partial charge in [-0.3, -0.25) is 9.98 Å². The molecule has 4 N–H and O–H groups in total. The van der Waals surface area contributed by atoms with Crippen molar-refractivity contribution in [2.75, 3.05) is 0 Å². The van der Waals surface area contributed by atoms with Crippen LogP contribution in [0.25, 0.3) is 0 Å². The number of phenolic OH excluding ortho intramolecular Hbond substituents is 2. The van der Waals surface area contributed by atoms with Crippen molar-refractivity contribution in [2.24, 2.45) is 15.4 Å². The zero-order chi connectivity index (χ0) is 25.7. The summed E-state index contributed by atoms with van der Waals surface area (Å²) < 4.78 is 0. The number of unbranched alkanes of at least 4 members (excludes halogenated alkanes) is 4. The molecule has 3 rings (SSSR count). The Kier molecular flexibility index (Phi) is 16.2. The van der Waals surface area contributed by atoms with Crippen LogP contribution in [0.4, 0.5) is 4.79 Å². The smallest absolute Gasteiger partial charge is 0.503 e. The van der Waals surface area contributed by atoms with Crippen LogP contribution in [0, 0.1) is 12.8 Å². The van der Waals surface area contributed by atoms with Crippen molar-refractivity contribution >= 4 is 18.6 Å². The molecule has 2 aromatic carbocycles. The second kappa shape index (κ2) is 17.6. The van der Waals surface area contributed by atoms with Crippen LogP contribution in [0.2, 0.25) is 0 Å². The van der Waals surface area contributed by atoms with E-state index >= 15 is 0 Å². The van der Waals surface area contributed by atoms with Crippen molar-refractivity contribution in [1.82, 2.24) is 0 Å². The zero-order valence-corrected chi connectivity index (χ0v) is 23.1. The third kappa shape index (κ3) is 10.6. The molecule has 7 nitrogen and oxygen atoms in total. The van der Waals surface area contributed by atoms with Crippen LogP contribution in [-0.2, 0) is 16.8 Å². The summed E-state index contributed by atoms with van der Waals surface area (Å²) in [4.78, 5) is 18.4. The van der Waals surface area contributed by atoms with Crippen molar-refractivity contribution in [3.05, 3.63) is 67.1 Å². The van der Waals surface area contributed by atoms with Crippen LogP contribution in [-0.4, -0.2) is 51.1 Å². The van der Waals surface area contributed by atoms with E-state index < -0.39 is 6.16 Å². The van der Waals surface area contributed by atoms with Gasteiger partial charge in [-0.15, -0.1) is 0 Å². The first-order valence-electron chi connectivity index (χ1n) is 12.4. The number of nitrogens with zero attached hydrogens (tertiary/aromatic N) is 2. The number of phenols is 2. The van der Waals surface area contributed by atoms with Gasteiger partial charge in [0.1, 0.15) is 11.5 Å². The molecule has 2 unspecified atom stereocenters. The van der Waals surface area contributed by atoms with Crippen LogP contribution in [0.15, 0.2) is 58.5 Å². The standard InChI is InChI=1S/C27H36N2O2.CH2O3.CH3.Co/c1-3-5-11-17-27(18-12-6-4-2)25(28-19-21-13-7-9-15-23(21)30)26(27)29-20-22-14-8-10-16-24(22)31;2-1(3)4;;/h7-10,13-16,19-20,25-26,30-31H,3-6,11-12,17-18H2,1-2H3;(H2,2,3,4);1H3;/q;;-1;.